The Morgan fingerprint density at radius 1 is 1.36 bits per heavy atom. The highest BCUT2D eigenvalue weighted by Crippen LogP contribution is 2.35. The number of carbonyl (C=O) groups is 1. The van der Waals surface area contributed by atoms with Crippen LogP contribution in [0.3, 0.4) is 0 Å². The number of hydrogen-bond acceptors (Lipinski definition) is 2. The van der Waals surface area contributed by atoms with Crippen molar-refractivity contribution in [3.63, 3.8) is 0 Å². The van der Waals surface area contributed by atoms with Crippen molar-refractivity contribution in [2.24, 2.45) is 11.8 Å². The fourth-order valence-corrected chi connectivity index (χ4v) is 2.42. The molecule has 80 valence electrons. The van der Waals surface area contributed by atoms with Crippen molar-refractivity contribution in [2.45, 2.75) is 26.2 Å². The highest BCUT2D eigenvalue weighted by molar-refractivity contribution is 5.76. The maximum Gasteiger partial charge on any atom is 0.223 e. The summed E-state index contributed by atoms with van der Waals surface area (Å²) in [4.78, 5) is 13.7. The monoisotopic (exact) mass is 197 g/mol. The van der Waals surface area contributed by atoms with Crippen LogP contribution in [0.2, 0.25) is 0 Å². The summed E-state index contributed by atoms with van der Waals surface area (Å²) in [7, 11) is 0. The first kappa shape index (κ1) is 9.97. The molecule has 1 saturated heterocycles. The SMILES string of the molecule is CC1CC(CC(=O)N2CCOCC2)C1. The smallest absolute Gasteiger partial charge is 0.223 e. The van der Waals surface area contributed by atoms with Gasteiger partial charge in [0, 0.05) is 19.5 Å². The molecule has 1 saturated carbocycles. The number of rotatable bonds is 2. The van der Waals surface area contributed by atoms with E-state index >= 15 is 0 Å². The molecule has 3 heteroatoms. The average Bonchev–Trinajstić information content (AvgIpc) is 2.17. The zero-order valence-corrected chi connectivity index (χ0v) is 8.87. The van der Waals surface area contributed by atoms with Crippen molar-refractivity contribution in [2.75, 3.05) is 26.3 Å². The maximum absolute atomic E-state index is 11.8. The van der Waals surface area contributed by atoms with Gasteiger partial charge in [0.25, 0.3) is 0 Å². The molecule has 0 aromatic heterocycles. The minimum absolute atomic E-state index is 0.338. The molecule has 2 fully saturated rings. The molecule has 1 amide bonds. The summed E-state index contributed by atoms with van der Waals surface area (Å²) in [5.41, 5.74) is 0. The van der Waals surface area contributed by atoms with Crippen molar-refractivity contribution in [3.05, 3.63) is 0 Å². The minimum atomic E-state index is 0.338. The molecule has 14 heavy (non-hydrogen) atoms. The van der Waals surface area contributed by atoms with Gasteiger partial charge in [-0.15, -0.1) is 0 Å². The summed E-state index contributed by atoms with van der Waals surface area (Å²) in [6, 6.07) is 0. The van der Waals surface area contributed by atoms with E-state index in [1.54, 1.807) is 0 Å². The van der Waals surface area contributed by atoms with E-state index in [4.69, 9.17) is 4.74 Å². The Labute approximate surface area is 85.4 Å². The zero-order chi connectivity index (χ0) is 9.97. The summed E-state index contributed by atoms with van der Waals surface area (Å²) in [6.07, 6.45) is 3.26. The van der Waals surface area contributed by atoms with Crippen LogP contribution < -0.4 is 0 Å². The Morgan fingerprint density at radius 3 is 2.57 bits per heavy atom. The molecular weight excluding hydrogens is 178 g/mol. The van der Waals surface area contributed by atoms with Crippen molar-refractivity contribution < 1.29 is 9.53 Å². The molecular formula is C11H19NO2. The number of nitrogens with zero attached hydrogens (tertiary/aromatic N) is 1. The van der Waals surface area contributed by atoms with E-state index in [0.29, 0.717) is 25.0 Å². The van der Waals surface area contributed by atoms with Crippen molar-refractivity contribution in [1.82, 2.24) is 4.90 Å². The molecule has 0 bridgehead atoms. The normalized spacial score (nSPS) is 32.5. The summed E-state index contributed by atoms with van der Waals surface area (Å²) in [5.74, 6) is 1.85. The summed E-state index contributed by atoms with van der Waals surface area (Å²) in [5, 5.41) is 0. The molecule has 0 radical (unpaired) electrons. The predicted molar refractivity (Wildman–Crippen MR) is 53.9 cm³/mol. The Bertz CT molecular complexity index is 205. The molecule has 1 aliphatic heterocycles. The number of carbonyl (C=O) groups excluding carboxylic acids is 1. The van der Waals surface area contributed by atoms with Crippen LogP contribution in [0.1, 0.15) is 26.2 Å². The van der Waals surface area contributed by atoms with E-state index in [0.717, 1.165) is 25.4 Å². The van der Waals surface area contributed by atoms with Crippen LogP contribution in [0.5, 0.6) is 0 Å². The second kappa shape index (κ2) is 4.30. The van der Waals surface area contributed by atoms with Gasteiger partial charge >= 0.3 is 0 Å². The Kier molecular flexibility index (Phi) is 3.06. The summed E-state index contributed by atoms with van der Waals surface area (Å²) < 4.78 is 5.22. The molecule has 2 aliphatic rings. The molecule has 0 aromatic carbocycles. The first-order chi connectivity index (χ1) is 6.75. The van der Waals surface area contributed by atoms with Gasteiger partial charge in [-0.25, -0.2) is 0 Å². The highest BCUT2D eigenvalue weighted by Gasteiger charge is 2.29. The van der Waals surface area contributed by atoms with E-state index < -0.39 is 0 Å². The van der Waals surface area contributed by atoms with Crippen LogP contribution in [0.15, 0.2) is 0 Å². The average molecular weight is 197 g/mol. The fraction of sp³-hybridized carbons (Fsp3) is 0.909. The lowest BCUT2D eigenvalue weighted by molar-refractivity contribution is -0.137. The van der Waals surface area contributed by atoms with E-state index in [1.165, 1.54) is 12.8 Å². The third-order valence-corrected chi connectivity index (χ3v) is 3.30. The van der Waals surface area contributed by atoms with Gasteiger partial charge in [-0.05, 0) is 24.7 Å². The first-order valence-electron chi connectivity index (χ1n) is 5.61. The predicted octanol–water partition coefficient (Wildman–Crippen LogP) is 1.28. The number of ether oxygens (including phenoxy) is 1. The molecule has 1 heterocycles. The van der Waals surface area contributed by atoms with Gasteiger partial charge in [0.15, 0.2) is 0 Å². The molecule has 2 rings (SSSR count). The lowest BCUT2D eigenvalue weighted by atomic mass is 9.74. The van der Waals surface area contributed by atoms with Crippen LogP contribution in [-0.4, -0.2) is 37.1 Å². The van der Waals surface area contributed by atoms with Gasteiger partial charge in [-0.1, -0.05) is 6.92 Å². The molecule has 1 aliphatic carbocycles. The molecule has 0 aromatic rings. The van der Waals surface area contributed by atoms with Crippen molar-refractivity contribution >= 4 is 5.91 Å². The highest BCUT2D eigenvalue weighted by atomic mass is 16.5. The van der Waals surface area contributed by atoms with Crippen LogP contribution >= 0.6 is 0 Å². The van der Waals surface area contributed by atoms with Crippen molar-refractivity contribution in [3.8, 4) is 0 Å². The molecule has 3 nitrogen and oxygen atoms in total. The van der Waals surface area contributed by atoms with Crippen molar-refractivity contribution in [1.29, 1.82) is 0 Å². The topological polar surface area (TPSA) is 29.5 Å². The van der Waals surface area contributed by atoms with E-state index in [1.807, 2.05) is 4.90 Å². The van der Waals surface area contributed by atoms with Crippen LogP contribution in [0.4, 0.5) is 0 Å². The molecule has 0 unspecified atom stereocenters. The van der Waals surface area contributed by atoms with Crippen LogP contribution in [0.25, 0.3) is 0 Å². The Hall–Kier alpha value is -0.570. The van der Waals surface area contributed by atoms with Gasteiger partial charge in [-0.3, -0.25) is 4.79 Å². The zero-order valence-electron chi connectivity index (χ0n) is 8.87. The lowest BCUT2D eigenvalue weighted by Gasteiger charge is -2.34. The summed E-state index contributed by atoms with van der Waals surface area (Å²) >= 11 is 0. The second-order valence-electron chi connectivity index (χ2n) is 4.64. The molecule has 0 spiro atoms. The number of amides is 1. The first-order valence-corrected chi connectivity index (χ1v) is 5.61. The quantitative estimate of drug-likeness (QED) is 0.667. The fourth-order valence-electron chi connectivity index (χ4n) is 2.42. The lowest BCUT2D eigenvalue weighted by Crippen LogP contribution is -2.42. The Balaban J connectivity index is 1.71. The van der Waals surface area contributed by atoms with E-state index in [9.17, 15) is 4.79 Å². The Morgan fingerprint density at radius 2 is 2.00 bits per heavy atom. The van der Waals surface area contributed by atoms with E-state index in [-0.39, 0.29) is 0 Å². The van der Waals surface area contributed by atoms with Gasteiger partial charge in [-0.2, -0.15) is 0 Å². The number of hydrogen-bond donors (Lipinski definition) is 0. The summed E-state index contributed by atoms with van der Waals surface area (Å²) in [6.45, 7) is 5.28. The third-order valence-electron chi connectivity index (χ3n) is 3.30. The van der Waals surface area contributed by atoms with Crippen LogP contribution in [0, 0.1) is 11.8 Å². The van der Waals surface area contributed by atoms with Gasteiger partial charge in [0.1, 0.15) is 0 Å². The van der Waals surface area contributed by atoms with Gasteiger partial charge < -0.3 is 9.64 Å². The minimum Gasteiger partial charge on any atom is -0.378 e. The number of morpholine rings is 1. The van der Waals surface area contributed by atoms with Gasteiger partial charge in [0.2, 0.25) is 5.91 Å². The molecule has 0 atom stereocenters. The van der Waals surface area contributed by atoms with Crippen LogP contribution in [-0.2, 0) is 9.53 Å². The maximum atomic E-state index is 11.8. The standard InChI is InChI=1S/C11H19NO2/c1-9-6-10(7-9)8-11(13)12-2-4-14-5-3-12/h9-10H,2-8H2,1H3. The largest absolute Gasteiger partial charge is 0.378 e. The van der Waals surface area contributed by atoms with E-state index in [2.05, 4.69) is 6.92 Å². The second-order valence-corrected chi connectivity index (χ2v) is 4.64. The third kappa shape index (κ3) is 2.27. The van der Waals surface area contributed by atoms with Gasteiger partial charge in [0.05, 0.1) is 13.2 Å². The molecule has 0 N–H and O–H groups in total.